The van der Waals surface area contributed by atoms with Crippen LogP contribution < -0.4 is 10.6 Å². The number of alkyl halides is 3. The Hall–Kier alpha value is -3.74. The number of benzene rings is 2. The highest BCUT2D eigenvalue weighted by Gasteiger charge is 2.41. The zero-order valence-corrected chi connectivity index (χ0v) is 20.9. The number of carbonyl (C=O) groups is 3. The summed E-state index contributed by atoms with van der Waals surface area (Å²) >= 11 is 0. The average molecular weight is 546 g/mol. The lowest BCUT2D eigenvalue weighted by atomic mass is 9.98. The number of nitrogens with one attached hydrogen (secondary N) is 2. The van der Waals surface area contributed by atoms with Gasteiger partial charge in [-0.3, -0.25) is 4.79 Å². The molecule has 0 aromatic heterocycles. The predicted molar refractivity (Wildman–Crippen MR) is 124 cm³/mol. The first kappa shape index (κ1) is 30.5. The third-order valence-electron chi connectivity index (χ3n) is 5.09. The maximum Gasteiger partial charge on any atom is 0.422 e. The van der Waals surface area contributed by atoms with Crippen molar-refractivity contribution in [3.05, 3.63) is 70.8 Å². The van der Waals surface area contributed by atoms with E-state index in [2.05, 4.69) is 10.1 Å². The van der Waals surface area contributed by atoms with Crippen molar-refractivity contribution >= 4 is 18.0 Å². The van der Waals surface area contributed by atoms with Gasteiger partial charge >= 0.3 is 18.2 Å². The van der Waals surface area contributed by atoms with E-state index in [-0.39, 0.29) is 12.5 Å². The lowest BCUT2D eigenvalue weighted by Gasteiger charge is -2.27. The molecular weight excluding hydrogens is 519 g/mol. The van der Waals surface area contributed by atoms with Crippen LogP contribution in [0.25, 0.3) is 0 Å². The van der Waals surface area contributed by atoms with Gasteiger partial charge in [-0.25, -0.2) is 18.4 Å². The summed E-state index contributed by atoms with van der Waals surface area (Å²) in [5.74, 6) is -6.84. The molecular formula is C25H27F5N2O6. The number of esters is 1. The SMILES string of the molecule is COC(=O)[C@@H](NC(=O)[C@@H](O)[C@@H](Cc1ccccc1)NC(=O)OC(C)(C)C)c1ccc(F)c(C(F)(F)F)c1F. The molecule has 38 heavy (non-hydrogen) atoms. The van der Waals surface area contributed by atoms with E-state index in [1.807, 2.05) is 5.32 Å². The number of halogens is 5. The van der Waals surface area contributed by atoms with Crippen LogP contribution in [0.5, 0.6) is 0 Å². The summed E-state index contributed by atoms with van der Waals surface area (Å²) in [4.78, 5) is 37.6. The molecule has 2 aromatic rings. The van der Waals surface area contributed by atoms with Crippen molar-refractivity contribution < 1.29 is 50.9 Å². The Bertz CT molecular complexity index is 1150. The summed E-state index contributed by atoms with van der Waals surface area (Å²) in [5.41, 5.74) is -3.68. The molecule has 0 aliphatic carbocycles. The summed E-state index contributed by atoms with van der Waals surface area (Å²) in [6.45, 7) is 4.74. The molecule has 0 spiro atoms. The Morgan fingerprint density at radius 3 is 2.11 bits per heavy atom. The van der Waals surface area contributed by atoms with Gasteiger partial charge in [0.1, 0.15) is 22.8 Å². The summed E-state index contributed by atoms with van der Waals surface area (Å²) in [6, 6.07) is 5.57. The molecule has 0 fully saturated rings. The van der Waals surface area contributed by atoms with Gasteiger partial charge in [-0.15, -0.1) is 0 Å². The maximum absolute atomic E-state index is 14.7. The van der Waals surface area contributed by atoms with Gasteiger partial charge in [-0.1, -0.05) is 36.4 Å². The minimum absolute atomic E-state index is 0.110. The molecule has 0 bridgehead atoms. The number of aliphatic hydroxyl groups is 1. The van der Waals surface area contributed by atoms with Crippen molar-refractivity contribution in [2.75, 3.05) is 7.11 Å². The standard InChI is InChI=1S/C25H27F5N2O6/c1-24(2,3)38-23(36)31-16(12-13-8-6-5-7-9-13)20(33)21(34)32-19(22(35)37-4)14-10-11-15(26)17(18(14)27)25(28,29)30/h5-11,16,19-20,33H,12H2,1-4H3,(H,31,36)(H,32,34)/t16-,19+,20+/m1/s1. The van der Waals surface area contributed by atoms with Gasteiger partial charge in [0.2, 0.25) is 0 Å². The van der Waals surface area contributed by atoms with Crippen molar-refractivity contribution in [3.8, 4) is 0 Å². The highest BCUT2D eigenvalue weighted by atomic mass is 19.4. The van der Waals surface area contributed by atoms with E-state index < -0.39 is 70.7 Å². The highest BCUT2D eigenvalue weighted by Crippen LogP contribution is 2.36. The number of alkyl carbamates (subject to hydrolysis) is 1. The lowest BCUT2D eigenvalue weighted by Crippen LogP contribution is -2.53. The molecule has 208 valence electrons. The molecule has 0 radical (unpaired) electrons. The van der Waals surface area contributed by atoms with Crippen molar-refractivity contribution in [2.24, 2.45) is 0 Å². The molecule has 2 rings (SSSR count). The molecule has 2 aromatic carbocycles. The predicted octanol–water partition coefficient (Wildman–Crippen LogP) is 3.81. The van der Waals surface area contributed by atoms with Crippen LogP contribution in [0.4, 0.5) is 26.7 Å². The number of rotatable bonds is 8. The van der Waals surface area contributed by atoms with Crippen molar-refractivity contribution in [3.63, 3.8) is 0 Å². The minimum atomic E-state index is -5.45. The topological polar surface area (TPSA) is 114 Å². The quantitative estimate of drug-likeness (QED) is 0.343. The fourth-order valence-corrected chi connectivity index (χ4v) is 3.41. The first-order chi connectivity index (χ1) is 17.5. The maximum atomic E-state index is 14.7. The Morgan fingerprint density at radius 1 is 0.974 bits per heavy atom. The van der Waals surface area contributed by atoms with Crippen molar-refractivity contribution in [2.45, 2.75) is 57.2 Å². The molecule has 0 unspecified atom stereocenters. The minimum Gasteiger partial charge on any atom is -0.467 e. The van der Waals surface area contributed by atoms with Crippen LogP contribution in [0, 0.1) is 11.6 Å². The number of ether oxygens (including phenoxy) is 2. The lowest BCUT2D eigenvalue weighted by molar-refractivity contribution is -0.147. The van der Waals surface area contributed by atoms with E-state index in [9.17, 15) is 41.4 Å². The van der Waals surface area contributed by atoms with E-state index in [4.69, 9.17) is 4.74 Å². The van der Waals surface area contributed by atoms with Crippen molar-refractivity contribution in [1.82, 2.24) is 10.6 Å². The largest absolute Gasteiger partial charge is 0.467 e. The van der Waals surface area contributed by atoms with E-state index >= 15 is 0 Å². The molecule has 8 nitrogen and oxygen atoms in total. The zero-order chi connectivity index (χ0) is 28.8. The van der Waals surface area contributed by atoms with Gasteiger partial charge in [0.05, 0.1) is 13.2 Å². The second-order valence-electron chi connectivity index (χ2n) is 9.18. The molecule has 2 amide bonds. The molecule has 13 heteroatoms. The Labute approximate surface area is 215 Å². The Morgan fingerprint density at radius 2 is 1.58 bits per heavy atom. The van der Waals surface area contributed by atoms with Crippen molar-refractivity contribution in [1.29, 1.82) is 0 Å². The van der Waals surface area contributed by atoms with Crippen LogP contribution >= 0.6 is 0 Å². The zero-order valence-electron chi connectivity index (χ0n) is 20.9. The average Bonchev–Trinajstić information content (AvgIpc) is 2.80. The Balaban J connectivity index is 2.40. The second-order valence-corrected chi connectivity index (χ2v) is 9.18. The number of methoxy groups -OCH3 is 1. The summed E-state index contributed by atoms with van der Waals surface area (Å²) in [7, 11) is 0.826. The Kier molecular flexibility index (Phi) is 9.79. The monoisotopic (exact) mass is 546 g/mol. The van der Waals surface area contributed by atoms with Crippen LogP contribution in [0.3, 0.4) is 0 Å². The molecule has 3 N–H and O–H groups in total. The number of aliphatic hydroxyl groups excluding tert-OH is 1. The fraction of sp³-hybridized carbons (Fsp3) is 0.400. The molecule has 0 saturated carbocycles. The van der Waals surface area contributed by atoms with Gasteiger partial charge in [0.15, 0.2) is 12.1 Å². The van der Waals surface area contributed by atoms with E-state index in [1.54, 1.807) is 51.1 Å². The van der Waals surface area contributed by atoms with Crippen LogP contribution in [0.15, 0.2) is 42.5 Å². The van der Waals surface area contributed by atoms with Crippen LogP contribution in [-0.4, -0.2) is 47.9 Å². The highest BCUT2D eigenvalue weighted by molar-refractivity contribution is 5.88. The number of carbonyl (C=O) groups excluding carboxylic acids is 3. The second kappa shape index (κ2) is 12.2. The van der Waals surface area contributed by atoms with Gasteiger partial charge < -0.3 is 25.2 Å². The number of amides is 2. The molecule has 3 atom stereocenters. The van der Waals surface area contributed by atoms with E-state index in [0.717, 1.165) is 7.11 Å². The summed E-state index contributed by atoms with van der Waals surface area (Å²) in [5, 5.41) is 15.0. The molecule has 0 saturated heterocycles. The summed E-state index contributed by atoms with van der Waals surface area (Å²) in [6.07, 6.45) is -8.65. The van der Waals surface area contributed by atoms with Gasteiger partial charge in [-0.05, 0) is 38.8 Å². The fourth-order valence-electron chi connectivity index (χ4n) is 3.41. The summed E-state index contributed by atoms with van der Waals surface area (Å²) < 4.78 is 77.7. The first-order valence-electron chi connectivity index (χ1n) is 11.2. The van der Waals surface area contributed by atoms with Crippen LogP contribution in [-0.2, 0) is 31.7 Å². The third kappa shape index (κ3) is 8.13. The van der Waals surface area contributed by atoms with E-state index in [1.165, 1.54) is 0 Å². The van der Waals surface area contributed by atoms with Gasteiger partial charge in [0, 0.05) is 5.56 Å². The normalized spacial score (nSPS) is 14.2. The van der Waals surface area contributed by atoms with Gasteiger partial charge in [-0.2, -0.15) is 13.2 Å². The number of hydrogen-bond acceptors (Lipinski definition) is 6. The van der Waals surface area contributed by atoms with Crippen LogP contribution in [0.2, 0.25) is 0 Å². The molecule has 0 aliphatic heterocycles. The third-order valence-corrected chi connectivity index (χ3v) is 5.09. The van der Waals surface area contributed by atoms with Gasteiger partial charge in [0.25, 0.3) is 5.91 Å². The molecule has 0 aliphatic rings. The number of hydrogen-bond donors (Lipinski definition) is 3. The first-order valence-corrected chi connectivity index (χ1v) is 11.2. The van der Waals surface area contributed by atoms with Crippen LogP contribution in [0.1, 0.15) is 43.5 Å². The molecule has 0 heterocycles. The van der Waals surface area contributed by atoms with E-state index in [0.29, 0.717) is 11.6 Å². The smallest absolute Gasteiger partial charge is 0.422 e.